The van der Waals surface area contributed by atoms with Gasteiger partial charge >= 0.3 is 0 Å². The third-order valence-electron chi connectivity index (χ3n) is 2.57. The predicted molar refractivity (Wildman–Crippen MR) is 59.9 cm³/mol. The molecule has 0 saturated carbocycles. The lowest BCUT2D eigenvalue weighted by molar-refractivity contribution is 0.440. The number of aromatic nitrogens is 1. The van der Waals surface area contributed by atoms with Crippen molar-refractivity contribution in [3.8, 4) is 0 Å². The Bertz CT molecular complexity index is 246. The SMILES string of the molecule is CCCC(C)CC(N)c1ccncc1. The summed E-state index contributed by atoms with van der Waals surface area (Å²) in [6.07, 6.45) is 7.18. The third-order valence-corrected chi connectivity index (χ3v) is 2.57. The minimum atomic E-state index is 0.166. The van der Waals surface area contributed by atoms with Gasteiger partial charge in [-0.05, 0) is 30.0 Å². The fourth-order valence-electron chi connectivity index (χ4n) is 1.79. The molecule has 2 nitrogen and oxygen atoms in total. The van der Waals surface area contributed by atoms with Gasteiger partial charge in [-0.2, -0.15) is 0 Å². The van der Waals surface area contributed by atoms with Crippen LogP contribution in [0.1, 0.15) is 44.7 Å². The third kappa shape index (κ3) is 3.46. The van der Waals surface area contributed by atoms with Crippen molar-refractivity contribution in [2.75, 3.05) is 0 Å². The summed E-state index contributed by atoms with van der Waals surface area (Å²) in [5.74, 6) is 0.711. The van der Waals surface area contributed by atoms with Crippen molar-refractivity contribution >= 4 is 0 Å². The molecule has 0 spiro atoms. The molecule has 2 unspecified atom stereocenters. The summed E-state index contributed by atoms with van der Waals surface area (Å²) in [6, 6.07) is 4.17. The molecule has 0 aliphatic rings. The first kappa shape index (κ1) is 11.2. The summed E-state index contributed by atoms with van der Waals surface area (Å²) in [5, 5.41) is 0. The Balaban J connectivity index is 2.46. The van der Waals surface area contributed by atoms with Crippen molar-refractivity contribution in [1.82, 2.24) is 4.98 Å². The Hall–Kier alpha value is -0.890. The van der Waals surface area contributed by atoms with E-state index < -0.39 is 0 Å². The van der Waals surface area contributed by atoms with Crippen LogP contribution in [-0.4, -0.2) is 4.98 Å². The Morgan fingerprint density at radius 1 is 1.36 bits per heavy atom. The molecule has 0 saturated heterocycles. The van der Waals surface area contributed by atoms with E-state index >= 15 is 0 Å². The van der Waals surface area contributed by atoms with Crippen LogP contribution in [0.3, 0.4) is 0 Å². The highest BCUT2D eigenvalue weighted by Crippen LogP contribution is 2.20. The van der Waals surface area contributed by atoms with Gasteiger partial charge in [-0.25, -0.2) is 0 Å². The predicted octanol–water partition coefficient (Wildman–Crippen LogP) is 2.91. The average Bonchev–Trinajstić information content (AvgIpc) is 2.19. The lowest BCUT2D eigenvalue weighted by Crippen LogP contribution is -2.14. The summed E-state index contributed by atoms with van der Waals surface area (Å²) < 4.78 is 0. The normalized spacial score (nSPS) is 15.1. The molecule has 0 aromatic carbocycles. The number of pyridine rings is 1. The van der Waals surface area contributed by atoms with Gasteiger partial charge in [-0.1, -0.05) is 26.7 Å². The molecule has 0 aliphatic heterocycles. The quantitative estimate of drug-likeness (QED) is 0.779. The molecule has 78 valence electrons. The topological polar surface area (TPSA) is 38.9 Å². The van der Waals surface area contributed by atoms with Crippen LogP contribution in [0.15, 0.2) is 24.5 Å². The van der Waals surface area contributed by atoms with Crippen LogP contribution in [0.5, 0.6) is 0 Å². The second-order valence-electron chi connectivity index (χ2n) is 4.02. The van der Waals surface area contributed by atoms with Crippen LogP contribution >= 0.6 is 0 Å². The van der Waals surface area contributed by atoms with E-state index in [1.54, 1.807) is 12.4 Å². The van der Waals surface area contributed by atoms with Crippen LogP contribution in [0.2, 0.25) is 0 Å². The van der Waals surface area contributed by atoms with E-state index in [-0.39, 0.29) is 6.04 Å². The van der Waals surface area contributed by atoms with Gasteiger partial charge in [0, 0.05) is 18.4 Å². The molecular weight excluding hydrogens is 172 g/mol. The standard InChI is InChI=1S/C12H20N2/c1-3-4-10(2)9-12(13)11-5-7-14-8-6-11/h5-8,10,12H,3-4,9,13H2,1-2H3. The Kier molecular flexibility index (Phi) is 4.60. The molecule has 2 heteroatoms. The van der Waals surface area contributed by atoms with Gasteiger partial charge < -0.3 is 5.73 Å². The van der Waals surface area contributed by atoms with Crippen LogP contribution in [0.4, 0.5) is 0 Å². The molecule has 0 fully saturated rings. The molecule has 1 aromatic rings. The maximum atomic E-state index is 6.10. The van der Waals surface area contributed by atoms with Gasteiger partial charge in [0.1, 0.15) is 0 Å². The van der Waals surface area contributed by atoms with E-state index in [0.29, 0.717) is 5.92 Å². The molecule has 1 aromatic heterocycles. The number of rotatable bonds is 5. The second kappa shape index (κ2) is 5.76. The highest BCUT2D eigenvalue weighted by atomic mass is 14.7. The molecule has 0 aliphatic carbocycles. The zero-order chi connectivity index (χ0) is 10.4. The van der Waals surface area contributed by atoms with Crippen molar-refractivity contribution < 1.29 is 0 Å². The summed E-state index contributed by atoms with van der Waals surface area (Å²) in [5.41, 5.74) is 7.30. The van der Waals surface area contributed by atoms with E-state index in [9.17, 15) is 0 Å². The van der Waals surface area contributed by atoms with E-state index in [0.717, 1.165) is 6.42 Å². The zero-order valence-electron chi connectivity index (χ0n) is 9.11. The monoisotopic (exact) mass is 192 g/mol. The molecule has 0 amide bonds. The van der Waals surface area contributed by atoms with Crippen molar-refractivity contribution in [2.24, 2.45) is 11.7 Å². The Labute approximate surface area is 86.5 Å². The van der Waals surface area contributed by atoms with Crippen LogP contribution < -0.4 is 5.73 Å². The molecule has 0 bridgehead atoms. The van der Waals surface area contributed by atoms with E-state index in [2.05, 4.69) is 18.8 Å². The van der Waals surface area contributed by atoms with Crippen molar-refractivity contribution in [3.63, 3.8) is 0 Å². The first-order chi connectivity index (χ1) is 6.74. The van der Waals surface area contributed by atoms with Gasteiger partial charge in [-0.15, -0.1) is 0 Å². The van der Waals surface area contributed by atoms with E-state index in [4.69, 9.17) is 5.73 Å². The van der Waals surface area contributed by atoms with Crippen LogP contribution in [0, 0.1) is 5.92 Å². The van der Waals surface area contributed by atoms with Gasteiger partial charge in [0.05, 0.1) is 0 Å². The van der Waals surface area contributed by atoms with Gasteiger partial charge in [0.25, 0.3) is 0 Å². The lowest BCUT2D eigenvalue weighted by atomic mass is 9.94. The molecule has 14 heavy (non-hydrogen) atoms. The number of nitrogens with two attached hydrogens (primary N) is 1. The molecule has 1 rings (SSSR count). The molecule has 2 N–H and O–H groups in total. The second-order valence-corrected chi connectivity index (χ2v) is 4.02. The number of hydrogen-bond acceptors (Lipinski definition) is 2. The molecule has 2 atom stereocenters. The molecular formula is C12H20N2. The first-order valence-electron chi connectivity index (χ1n) is 5.39. The van der Waals surface area contributed by atoms with Crippen LogP contribution in [0.25, 0.3) is 0 Å². The van der Waals surface area contributed by atoms with Crippen molar-refractivity contribution in [1.29, 1.82) is 0 Å². The van der Waals surface area contributed by atoms with Crippen molar-refractivity contribution in [3.05, 3.63) is 30.1 Å². The Morgan fingerprint density at radius 2 is 2.00 bits per heavy atom. The highest BCUT2D eigenvalue weighted by Gasteiger charge is 2.09. The minimum Gasteiger partial charge on any atom is -0.324 e. The molecule has 1 heterocycles. The fourth-order valence-corrected chi connectivity index (χ4v) is 1.79. The van der Waals surface area contributed by atoms with E-state index in [1.165, 1.54) is 18.4 Å². The van der Waals surface area contributed by atoms with Crippen LogP contribution in [-0.2, 0) is 0 Å². The number of nitrogens with zero attached hydrogens (tertiary/aromatic N) is 1. The Morgan fingerprint density at radius 3 is 2.57 bits per heavy atom. The maximum Gasteiger partial charge on any atom is 0.0298 e. The maximum absolute atomic E-state index is 6.10. The largest absolute Gasteiger partial charge is 0.324 e. The van der Waals surface area contributed by atoms with Crippen molar-refractivity contribution in [2.45, 2.75) is 39.2 Å². The summed E-state index contributed by atoms with van der Waals surface area (Å²) in [4.78, 5) is 3.99. The average molecular weight is 192 g/mol. The highest BCUT2D eigenvalue weighted by molar-refractivity contribution is 5.14. The summed E-state index contributed by atoms with van der Waals surface area (Å²) in [6.45, 7) is 4.49. The zero-order valence-corrected chi connectivity index (χ0v) is 9.11. The van der Waals surface area contributed by atoms with E-state index in [1.807, 2.05) is 12.1 Å². The smallest absolute Gasteiger partial charge is 0.0298 e. The fraction of sp³-hybridized carbons (Fsp3) is 0.583. The first-order valence-corrected chi connectivity index (χ1v) is 5.39. The van der Waals surface area contributed by atoms with Gasteiger partial charge in [0.2, 0.25) is 0 Å². The minimum absolute atomic E-state index is 0.166. The lowest BCUT2D eigenvalue weighted by Gasteiger charge is -2.16. The van der Waals surface area contributed by atoms with Gasteiger partial charge in [-0.3, -0.25) is 4.98 Å². The molecule has 0 radical (unpaired) electrons. The van der Waals surface area contributed by atoms with Gasteiger partial charge in [0.15, 0.2) is 0 Å². The number of hydrogen-bond donors (Lipinski definition) is 1. The summed E-state index contributed by atoms with van der Waals surface area (Å²) >= 11 is 0. The summed E-state index contributed by atoms with van der Waals surface area (Å²) in [7, 11) is 0.